The number of carbonyl (C=O) groups excluding carboxylic acids is 1. The van der Waals surface area contributed by atoms with Crippen LogP contribution in [0.5, 0.6) is 0 Å². The largest absolute Gasteiger partial charge is 0.466 e. The van der Waals surface area contributed by atoms with Gasteiger partial charge in [0, 0.05) is 0 Å². The number of esters is 1. The number of unbranched alkanes of at least 4 members (excludes halogenated alkanes) is 7. The molecular weight excluding hydrogens is 267 g/mol. The highest BCUT2D eigenvalue weighted by atomic mass is 31.2. The van der Waals surface area contributed by atoms with Crippen molar-refractivity contribution in [3.05, 3.63) is 0 Å². The Morgan fingerprint density at radius 1 is 1.00 bits per heavy atom. The molecule has 0 rings (SSSR count). The van der Waals surface area contributed by atoms with Gasteiger partial charge in [-0.3, -0.25) is 9.36 Å². The van der Waals surface area contributed by atoms with Crippen molar-refractivity contribution in [1.29, 1.82) is 0 Å². The quantitative estimate of drug-likeness (QED) is 0.328. The standard InChI is InChI=1S/C13H27O5P/c1-2-3-4-5-6-7-8-9-11-18-13(14)10-12-19(15,16)17/h2-12H2,1H3,(H2,15,16,17). The van der Waals surface area contributed by atoms with E-state index in [1.54, 1.807) is 0 Å². The molecule has 6 heteroatoms. The fourth-order valence-corrected chi connectivity index (χ4v) is 2.20. The molecule has 0 fully saturated rings. The second kappa shape index (κ2) is 11.4. The Morgan fingerprint density at radius 2 is 1.53 bits per heavy atom. The summed E-state index contributed by atoms with van der Waals surface area (Å²) < 4.78 is 15.4. The maximum atomic E-state index is 11.1. The minimum Gasteiger partial charge on any atom is -0.466 e. The van der Waals surface area contributed by atoms with E-state index in [1.165, 1.54) is 32.1 Å². The average molecular weight is 294 g/mol. The normalized spacial score (nSPS) is 11.5. The zero-order chi connectivity index (χ0) is 14.6. The number of hydrogen-bond donors (Lipinski definition) is 2. The van der Waals surface area contributed by atoms with Gasteiger partial charge in [-0.25, -0.2) is 0 Å². The predicted octanol–water partition coefficient (Wildman–Crippen LogP) is 3.24. The summed E-state index contributed by atoms with van der Waals surface area (Å²) >= 11 is 0. The van der Waals surface area contributed by atoms with Crippen LogP contribution in [0.15, 0.2) is 0 Å². The molecule has 2 N–H and O–H groups in total. The van der Waals surface area contributed by atoms with Crippen molar-refractivity contribution in [2.45, 2.75) is 64.7 Å². The van der Waals surface area contributed by atoms with Crippen molar-refractivity contribution >= 4 is 13.6 Å². The van der Waals surface area contributed by atoms with E-state index < -0.39 is 19.7 Å². The van der Waals surface area contributed by atoms with Gasteiger partial charge >= 0.3 is 13.6 Å². The van der Waals surface area contributed by atoms with Gasteiger partial charge in [-0.15, -0.1) is 0 Å². The van der Waals surface area contributed by atoms with Crippen LogP contribution in [-0.2, 0) is 14.1 Å². The molecule has 0 aliphatic heterocycles. The van der Waals surface area contributed by atoms with E-state index in [-0.39, 0.29) is 6.42 Å². The molecule has 0 saturated heterocycles. The molecule has 0 heterocycles. The molecule has 0 radical (unpaired) electrons. The van der Waals surface area contributed by atoms with Crippen molar-refractivity contribution in [3.8, 4) is 0 Å². The Hall–Kier alpha value is -0.380. The number of ether oxygens (including phenoxy) is 1. The highest BCUT2D eigenvalue weighted by Crippen LogP contribution is 2.34. The Kier molecular flexibility index (Phi) is 11.2. The van der Waals surface area contributed by atoms with Crippen molar-refractivity contribution in [3.63, 3.8) is 0 Å². The minimum absolute atomic E-state index is 0.207. The molecule has 19 heavy (non-hydrogen) atoms. The van der Waals surface area contributed by atoms with Crippen LogP contribution in [0.3, 0.4) is 0 Å². The topological polar surface area (TPSA) is 83.8 Å². The van der Waals surface area contributed by atoms with Crippen LogP contribution >= 0.6 is 7.60 Å². The van der Waals surface area contributed by atoms with Gasteiger partial charge in [0.05, 0.1) is 19.2 Å². The number of hydrogen-bond acceptors (Lipinski definition) is 3. The first-order chi connectivity index (χ1) is 8.95. The van der Waals surface area contributed by atoms with Crippen molar-refractivity contribution in [2.75, 3.05) is 12.8 Å². The van der Waals surface area contributed by atoms with Crippen LogP contribution in [0.2, 0.25) is 0 Å². The van der Waals surface area contributed by atoms with E-state index >= 15 is 0 Å². The van der Waals surface area contributed by atoms with Crippen molar-refractivity contribution in [1.82, 2.24) is 0 Å². The van der Waals surface area contributed by atoms with E-state index in [9.17, 15) is 9.36 Å². The Labute approximate surface area is 115 Å². The molecule has 5 nitrogen and oxygen atoms in total. The van der Waals surface area contributed by atoms with E-state index in [0.29, 0.717) is 6.61 Å². The average Bonchev–Trinajstić information content (AvgIpc) is 2.33. The number of carbonyl (C=O) groups is 1. The first kappa shape index (κ1) is 18.6. The predicted molar refractivity (Wildman–Crippen MR) is 75.1 cm³/mol. The molecule has 0 atom stereocenters. The summed E-state index contributed by atoms with van der Waals surface area (Å²) in [5.41, 5.74) is 0. The summed E-state index contributed by atoms with van der Waals surface area (Å²) in [7, 11) is -4.08. The number of rotatable bonds is 12. The fourth-order valence-electron chi connectivity index (χ4n) is 1.73. The van der Waals surface area contributed by atoms with Crippen molar-refractivity contribution < 1.29 is 23.9 Å². The molecule has 114 valence electrons. The maximum absolute atomic E-state index is 11.1. The van der Waals surface area contributed by atoms with Gasteiger partial charge in [-0.1, -0.05) is 51.9 Å². The van der Waals surface area contributed by atoms with Crippen LogP contribution in [0.25, 0.3) is 0 Å². The Balaban J connectivity index is 3.25. The van der Waals surface area contributed by atoms with Crippen molar-refractivity contribution in [2.24, 2.45) is 0 Å². The lowest BCUT2D eigenvalue weighted by molar-refractivity contribution is -0.143. The third-order valence-corrected chi connectivity index (χ3v) is 3.67. The van der Waals surface area contributed by atoms with Crippen LogP contribution in [0.1, 0.15) is 64.7 Å². The van der Waals surface area contributed by atoms with Gasteiger partial charge in [-0.2, -0.15) is 0 Å². The summed E-state index contributed by atoms with van der Waals surface area (Å²) in [6.45, 7) is 2.55. The summed E-state index contributed by atoms with van der Waals surface area (Å²) in [6.07, 6.45) is 8.75. The van der Waals surface area contributed by atoms with Crippen LogP contribution in [-0.4, -0.2) is 28.5 Å². The third kappa shape index (κ3) is 15.6. The van der Waals surface area contributed by atoms with E-state index in [1.807, 2.05) is 0 Å². The zero-order valence-electron chi connectivity index (χ0n) is 11.8. The second-order valence-corrected chi connectivity index (χ2v) is 6.61. The van der Waals surface area contributed by atoms with Gasteiger partial charge in [-0.05, 0) is 6.42 Å². The SMILES string of the molecule is CCCCCCCCCCOC(=O)CCP(=O)(O)O. The van der Waals surface area contributed by atoms with Gasteiger partial charge in [0.1, 0.15) is 0 Å². The van der Waals surface area contributed by atoms with E-state index in [0.717, 1.165) is 19.3 Å². The molecule has 0 spiro atoms. The monoisotopic (exact) mass is 294 g/mol. The molecule has 0 aliphatic carbocycles. The lowest BCUT2D eigenvalue weighted by Crippen LogP contribution is -2.08. The molecule has 0 saturated carbocycles. The first-order valence-corrected chi connectivity index (χ1v) is 8.95. The van der Waals surface area contributed by atoms with Gasteiger partial charge in [0.2, 0.25) is 0 Å². The summed E-state index contributed by atoms with van der Waals surface area (Å²) in [4.78, 5) is 28.3. The molecule has 0 aliphatic rings. The molecular formula is C13H27O5P. The maximum Gasteiger partial charge on any atom is 0.326 e. The molecule has 0 bridgehead atoms. The Morgan fingerprint density at radius 3 is 2.05 bits per heavy atom. The second-order valence-electron chi connectivity index (χ2n) is 4.83. The van der Waals surface area contributed by atoms with Crippen LogP contribution in [0, 0.1) is 0 Å². The summed E-state index contributed by atoms with van der Waals surface area (Å²) in [5.74, 6) is -0.522. The minimum atomic E-state index is -4.08. The fraction of sp³-hybridized carbons (Fsp3) is 0.923. The lowest BCUT2D eigenvalue weighted by atomic mass is 10.1. The molecule has 0 aromatic rings. The first-order valence-electron chi connectivity index (χ1n) is 7.16. The summed E-state index contributed by atoms with van der Waals surface area (Å²) in [5, 5.41) is 0. The van der Waals surface area contributed by atoms with E-state index in [4.69, 9.17) is 14.5 Å². The molecule has 0 amide bonds. The summed E-state index contributed by atoms with van der Waals surface area (Å²) in [6, 6.07) is 0. The molecule has 0 unspecified atom stereocenters. The molecule has 0 aromatic carbocycles. The molecule has 0 aromatic heterocycles. The van der Waals surface area contributed by atoms with Gasteiger partial charge < -0.3 is 14.5 Å². The van der Waals surface area contributed by atoms with Crippen LogP contribution < -0.4 is 0 Å². The van der Waals surface area contributed by atoms with Gasteiger partial charge in [0.15, 0.2) is 0 Å². The smallest absolute Gasteiger partial charge is 0.326 e. The highest BCUT2D eigenvalue weighted by Gasteiger charge is 2.15. The Bertz CT molecular complexity index is 274. The highest BCUT2D eigenvalue weighted by molar-refractivity contribution is 7.51. The van der Waals surface area contributed by atoms with Crippen LogP contribution in [0.4, 0.5) is 0 Å². The lowest BCUT2D eigenvalue weighted by Gasteiger charge is -2.06. The zero-order valence-corrected chi connectivity index (χ0v) is 12.7. The third-order valence-electron chi connectivity index (χ3n) is 2.87. The van der Waals surface area contributed by atoms with E-state index in [2.05, 4.69) is 6.92 Å². The van der Waals surface area contributed by atoms with Gasteiger partial charge in [0.25, 0.3) is 0 Å².